The molecular formula is C17H13BrO5. The molecule has 0 aliphatic rings. The van der Waals surface area contributed by atoms with Crippen LogP contribution in [0.1, 0.15) is 26.3 Å². The van der Waals surface area contributed by atoms with Gasteiger partial charge in [-0.3, -0.25) is 0 Å². The summed E-state index contributed by atoms with van der Waals surface area (Å²) in [4.78, 5) is 21.5. The first-order chi connectivity index (χ1) is 10.9. The van der Waals surface area contributed by atoms with Gasteiger partial charge in [0.1, 0.15) is 5.58 Å². The molecule has 6 heteroatoms. The zero-order valence-electron chi connectivity index (χ0n) is 12.1. The second kappa shape index (κ2) is 7.11. The molecule has 3 aromatic rings. The van der Waals surface area contributed by atoms with Crippen LogP contribution in [-0.2, 0) is 0 Å². The van der Waals surface area contributed by atoms with E-state index in [1.165, 1.54) is 19.1 Å². The van der Waals surface area contributed by atoms with Crippen LogP contribution < -0.4 is 0 Å². The van der Waals surface area contributed by atoms with Crippen molar-refractivity contribution in [2.45, 2.75) is 6.92 Å². The lowest BCUT2D eigenvalue weighted by atomic mass is 10.0. The third-order valence-corrected chi connectivity index (χ3v) is 3.65. The first kappa shape index (κ1) is 16.8. The maximum Gasteiger partial charge on any atom is 0.336 e. The number of hydrogen-bond acceptors (Lipinski definition) is 3. The maximum atomic E-state index is 10.7. The van der Waals surface area contributed by atoms with Gasteiger partial charge in [0.15, 0.2) is 0 Å². The van der Waals surface area contributed by atoms with Crippen molar-refractivity contribution < 1.29 is 24.2 Å². The van der Waals surface area contributed by atoms with E-state index < -0.39 is 11.9 Å². The molecule has 118 valence electrons. The lowest BCUT2D eigenvalue weighted by Gasteiger charge is -2.05. The molecule has 0 aliphatic carbocycles. The van der Waals surface area contributed by atoms with E-state index in [4.69, 9.17) is 14.6 Å². The van der Waals surface area contributed by atoms with Gasteiger partial charge >= 0.3 is 11.9 Å². The minimum Gasteiger partial charge on any atom is -0.478 e. The first-order valence-electron chi connectivity index (χ1n) is 6.59. The third kappa shape index (κ3) is 3.98. The molecule has 0 bridgehead atoms. The number of rotatable bonds is 2. The molecule has 0 radical (unpaired) electrons. The molecule has 0 amide bonds. The smallest absolute Gasteiger partial charge is 0.336 e. The van der Waals surface area contributed by atoms with E-state index in [1.54, 1.807) is 6.26 Å². The van der Waals surface area contributed by atoms with Crippen molar-refractivity contribution >= 4 is 38.8 Å². The maximum absolute atomic E-state index is 10.7. The van der Waals surface area contributed by atoms with Crippen LogP contribution in [0.3, 0.4) is 0 Å². The summed E-state index contributed by atoms with van der Waals surface area (Å²) in [6.45, 7) is 1.47. The lowest BCUT2D eigenvalue weighted by Crippen LogP contribution is -2.07. The van der Waals surface area contributed by atoms with Gasteiger partial charge in [-0.05, 0) is 36.8 Å². The Bertz CT molecular complexity index is 801. The zero-order chi connectivity index (χ0) is 17.0. The summed E-state index contributed by atoms with van der Waals surface area (Å²) in [5.41, 5.74) is 1.21. The van der Waals surface area contributed by atoms with E-state index in [2.05, 4.69) is 15.9 Å². The summed E-state index contributed by atoms with van der Waals surface area (Å²) < 4.78 is 5.56. The number of hydrogen-bond donors (Lipinski definition) is 2. The molecule has 3 rings (SSSR count). The molecule has 23 heavy (non-hydrogen) atoms. The highest BCUT2D eigenvalue weighted by atomic mass is 79.9. The highest BCUT2D eigenvalue weighted by Gasteiger charge is 2.15. The van der Waals surface area contributed by atoms with Gasteiger partial charge in [-0.25, -0.2) is 9.59 Å². The van der Waals surface area contributed by atoms with Gasteiger partial charge in [0, 0.05) is 9.86 Å². The fraction of sp³-hybridized carbons (Fsp3) is 0.0588. The predicted octanol–water partition coefficient (Wildman–Crippen LogP) is 4.59. The summed E-state index contributed by atoms with van der Waals surface area (Å²) in [6, 6.07) is 12.7. The number of furan rings is 1. The van der Waals surface area contributed by atoms with Crippen LogP contribution in [0.5, 0.6) is 0 Å². The van der Waals surface area contributed by atoms with Gasteiger partial charge in [0.2, 0.25) is 0 Å². The van der Waals surface area contributed by atoms with Crippen LogP contribution in [-0.4, -0.2) is 22.2 Å². The van der Waals surface area contributed by atoms with Crippen LogP contribution in [0, 0.1) is 6.92 Å². The summed E-state index contributed by atoms with van der Waals surface area (Å²) >= 11 is 3.06. The highest BCUT2D eigenvalue weighted by molar-refractivity contribution is 9.10. The number of halogens is 1. The SMILES string of the molecule is Cc1c(C(=O)O)cc(Br)cc1C(=O)O.c1ccc2occc2c1. The van der Waals surface area contributed by atoms with Crippen molar-refractivity contribution in [2.24, 2.45) is 0 Å². The Morgan fingerprint density at radius 2 is 1.57 bits per heavy atom. The number of carboxylic acids is 2. The molecule has 0 unspecified atom stereocenters. The van der Waals surface area contributed by atoms with Crippen LogP contribution in [0.4, 0.5) is 0 Å². The Kier molecular flexibility index (Phi) is 5.18. The summed E-state index contributed by atoms with van der Waals surface area (Å²) in [5, 5.41) is 18.7. The minimum atomic E-state index is -1.13. The molecule has 0 aliphatic heterocycles. The molecular weight excluding hydrogens is 364 g/mol. The summed E-state index contributed by atoms with van der Waals surface area (Å²) in [7, 11) is 0. The van der Waals surface area contributed by atoms with E-state index in [0.29, 0.717) is 4.47 Å². The van der Waals surface area contributed by atoms with Crippen molar-refractivity contribution in [1.82, 2.24) is 0 Å². The zero-order valence-corrected chi connectivity index (χ0v) is 13.7. The van der Waals surface area contributed by atoms with Crippen LogP contribution >= 0.6 is 15.9 Å². The molecule has 2 N–H and O–H groups in total. The minimum absolute atomic E-state index is 0.00299. The molecule has 1 aromatic heterocycles. The van der Waals surface area contributed by atoms with Crippen molar-refractivity contribution in [3.05, 3.63) is 69.9 Å². The highest BCUT2D eigenvalue weighted by Crippen LogP contribution is 2.21. The predicted molar refractivity (Wildman–Crippen MR) is 89.0 cm³/mol. The Morgan fingerprint density at radius 1 is 1.00 bits per heavy atom. The normalized spacial score (nSPS) is 10.0. The fourth-order valence-corrected chi connectivity index (χ4v) is 2.49. The number of benzene rings is 2. The van der Waals surface area contributed by atoms with E-state index in [0.717, 1.165) is 11.0 Å². The van der Waals surface area contributed by atoms with E-state index in [1.807, 2.05) is 30.3 Å². The summed E-state index contributed by atoms with van der Waals surface area (Å²) in [5.74, 6) is -2.27. The van der Waals surface area contributed by atoms with Gasteiger partial charge in [-0.2, -0.15) is 0 Å². The van der Waals surface area contributed by atoms with Gasteiger partial charge in [0.05, 0.1) is 17.4 Å². The molecule has 5 nitrogen and oxygen atoms in total. The second-order valence-electron chi connectivity index (χ2n) is 4.69. The molecule has 0 saturated heterocycles. The Balaban J connectivity index is 0.000000182. The quantitative estimate of drug-likeness (QED) is 0.682. The number of carbonyl (C=O) groups is 2. The van der Waals surface area contributed by atoms with E-state index in [9.17, 15) is 9.59 Å². The number of carboxylic acid groups (broad SMARTS) is 2. The fourth-order valence-electron chi connectivity index (χ4n) is 2.03. The number of fused-ring (bicyclic) bond motifs is 1. The molecule has 0 fully saturated rings. The van der Waals surface area contributed by atoms with Crippen molar-refractivity contribution in [2.75, 3.05) is 0 Å². The standard InChI is InChI=1S/C9H7BrO4.C8H6O/c1-4-6(8(11)12)2-5(10)3-7(4)9(13)14;1-2-4-8-7(3-1)5-6-9-8/h2-3H,1H3,(H,11,12)(H,13,14);1-6H. The molecule has 2 aromatic carbocycles. The Morgan fingerprint density at radius 3 is 2.09 bits per heavy atom. The topological polar surface area (TPSA) is 87.7 Å². The van der Waals surface area contributed by atoms with Crippen LogP contribution in [0.25, 0.3) is 11.0 Å². The Hall–Kier alpha value is -2.60. The first-order valence-corrected chi connectivity index (χ1v) is 7.38. The van der Waals surface area contributed by atoms with Gasteiger partial charge in [0.25, 0.3) is 0 Å². The molecule has 0 atom stereocenters. The second-order valence-corrected chi connectivity index (χ2v) is 5.61. The van der Waals surface area contributed by atoms with Gasteiger partial charge in [-0.1, -0.05) is 34.1 Å². The van der Waals surface area contributed by atoms with E-state index >= 15 is 0 Å². The third-order valence-electron chi connectivity index (χ3n) is 3.19. The largest absolute Gasteiger partial charge is 0.478 e. The Labute approximate surface area is 140 Å². The van der Waals surface area contributed by atoms with Crippen molar-refractivity contribution in [1.29, 1.82) is 0 Å². The molecule has 0 saturated carbocycles. The van der Waals surface area contributed by atoms with Crippen LogP contribution in [0.2, 0.25) is 0 Å². The molecule has 0 spiro atoms. The lowest BCUT2D eigenvalue weighted by molar-refractivity contribution is 0.0696. The van der Waals surface area contributed by atoms with E-state index in [-0.39, 0.29) is 16.7 Å². The van der Waals surface area contributed by atoms with Crippen LogP contribution in [0.15, 0.2) is 57.6 Å². The average Bonchev–Trinajstić information content (AvgIpc) is 2.98. The number of para-hydroxylation sites is 1. The summed E-state index contributed by atoms with van der Waals surface area (Å²) in [6.07, 6.45) is 1.70. The molecule has 1 heterocycles. The number of aromatic carboxylic acids is 2. The van der Waals surface area contributed by atoms with Crippen molar-refractivity contribution in [3.8, 4) is 0 Å². The monoisotopic (exact) mass is 376 g/mol. The van der Waals surface area contributed by atoms with Gasteiger partial charge < -0.3 is 14.6 Å². The average molecular weight is 377 g/mol. The van der Waals surface area contributed by atoms with Gasteiger partial charge in [-0.15, -0.1) is 0 Å². The van der Waals surface area contributed by atoms with Crippen molar-refractivity contribution in [3.63, 3.8) is 0 Å².